The van der Waals surface area contributed by atoms with Crippen molar-refractivity contribution in [1.29, 1.82) is 0 Å². The number of aliphatic hydroxyl groups excluding tert-OH is 1. The smallest absolute Gasteiger partial charge is 0.242 e. The van der Waals surface area contributed by atoms with Crippen LogP contribution in [0.5, 0.6) is 0 Å². The molecule has 0 bridgehead atoms. The van der Waals surface area contributed by atoms with E-state index in [0.717, 1.165) is 12.8 Å². The maximum absolute atomic E-state index is 12.3. The summed E-state index contributed by atoms with van der Waals surface area (Å²) < 4.78 is 29.0. The van der Waals surface area contributed by atoms with E-state index >= 15 is 0 Å². The van der Waals surface area contributed by atoms with Gasteiger partial charge in [0.05, 0.1) is 11.5 Å². The Morgan fingerprint density at radius 3 is 2.60 bits per heavy atom. The van der Waals surface area contributed by atoms with Gasteiger partial charge >= 0.3 is 0 Å². The highest BCUT2D eigenvalue weighted by molar-refractivity contribution is 7.89. The van der Waals surface area contributed by atoms with E-state index in [2.05, 4.69) is 4.72 Å². The van der Waals surface area contributed by atoms with E-state index in [-0.39, 0.29) is 11.5 Å². The van der Waals surface area contributed by atoms with Crippen molar-refractivity contribution in [2.75, 3.05) is 6.54 Å². The molecule has 2 rings (SSSR count). The molecule has 1 heterocycles. The van der Waals surface area contributed by atoms with Crippen LogP contribution < -0.4 is 4.72 Å². The third-order valence-electron chi connectivity index (χ3n) is 4.06. The lowest BCUT2D eigenvalue weighted by Crippen LogP contribution is -2.30. The summed E-state index contributed by atoms with van der Waals surface area (Å²) in [5, 5.41) is 9.23. The summed E-state index contributed by atoms with van der Waals surface area (Å²) in [6, 6.07) is 1.55. The standard InChI is InChI=1S/C14H24N2O3S/c1-2-16-10-14(8-13(16)11-17)20(18,19)15-9-12-6-4-3-5-7-12/h8,10,12,15,17H,2-7,9,11H2,1H3. The van der Waals surface area contributed by atoms with Crippen LogP contribution in [0.2, 0.25) is 0 Å². The molecule has 1 fully saturated rings. The molecule has 0 radical (unpaired) electrons. The minimum atomic E-state index is -3.46. The van der Waals surface area contributed by atoms with Crippen molar-refractivity contribution < 1.29 is 13.5 Å². The molecule has 0 aliphatic heterocycles. The van der Waals surface area contributed by atoms with Crippen LogP contribution in [0.1, 0.15) is 44.7 Å². The first-order chi connectivity index (χ1) is 9.56. The van der Waals surface area contributed by atoms with E-state index in [9.17, 15) is 13.5 Å². The zero-order valence-corrected chi connectivity index (χ0v) is 12.8. The van der Waals surface area contributed by atoms with Crippen molar-refractivity contribution in [3.8, 4) is 0 Å². The number of hydrogen-bond donors (Lipinski definition) is 2. The van der Waals surface area contributed by atoms with E-state index in [1.165, 1.54) is 19.3 Å². The van der Waals surface area contributed by atoms with Crippen LogP contribution in [0.3, 0.4) is 0 Å². The summed E-state index contributed by atoms with van der Waals surface area (Å²) in [6.45, 7) is 2.94. The topological polar surface area (TPSA) is 71.3 Å². The molecular weight excluding hydrogens is 276 g/mol. The normalized spacial score (nSPS) is 17.5. The van der Waals surface area contributed by atoms with Gasteiger partial charge in [0.25, 0.3) is 0 Å². The van der Waals surface area contributed by atoms with Crippen molar-refractivity contribution in [2.24, 2.45) is 5.92 Å². The quantitative estimate of drug-likeness (QED) is 0.842. The summed E-state index contributed by atoms with van der Waals surface area (Å²) in [7, 11) is -3.46. The van der Waals surface area contributed by atoms with Gasteiger partial charge in [0.2, 0.25) is 10.0 Å². The summed E-state index contributed by atoms with van der Waals surface area (Å²) >= 11 is 0. The molecule has 1 aromatic rings. The Morgan fingerprint density at radius 2 is 2.05 bits per heavy atom. The van der Waals surface area contributed by atoms with Gasteiger partial charge in [-0.2, -0.15) is 0 Å². The van der Waals surface area contributed by atoms with Gasteiger partial charge < -0.3 is 9.67 Å². The van der Waals surface area contributed by atoms with Crippen molar-refractivity contribution >= 4 is 10.0 Å². The van der Waals surface area contributed by atoms with Gasteiger partial charge in [0.1, 0.15) is 0 Å². The Hall–Kier alpha value is -0.850. The number of rotatable bonds is 6. The van der Waals surface area contributed by atoms with Crippen LogP contribution in [0.15, 0.2) is 17.2 Å². The van der Waals surface area contributed by atoms with E-state index < -0.39 is 10.0 Å². The Bertz CT molecular complexity index is 509. The fraction of sp³-hybridized carbons (Fsp3) is 0.714. The first kappa shape index (κ1) is 15.5. The number of nitrogens with zero attached hydrogens (tertiary/aromatic N) is 1. The molecule has 0 aromatic carbocycles. The average molecular weight is 300 g/mol. The van der Waals surface area contributed by atoms with E-state index in [4.69, 9.17) is 0 Å². The third-order valence-corrected chi connectivity index (χ3v) is 5.45. The first-order valence-corrected chi connectivity index (χ1v) is 8.84. The summed E-state index contributed by atoms with van der Waals surface area (Å²) in [4.78, 5) is 0.249. The largest absolute Gasteiger partial charge is 0.390 e. The van der Waals surface area contributed by atoms with Gasteiger partial charge in [-0.25, -0.2) is 13.1 Å². The van der Waals surface area contributed by atoms with Gasteiger partial charge in [0, 0.05) is 25.0 Å². The second-order valence-corrected chi connectivity index (χ2v) is 7.23. The van der Waals surface area contributed by atoms with Crippen LogP contribution in [0.25, 0.3) is 0 Å². The van der Waals surface area contributed by atoms with Gasteiger partial charge in [-0.1, -0.05) is 19.3 Å². The Morgan fingerprint density at radius 1 is 1.35 bits per heavy atom. The second-order valence-electron chi connectivity index (χ2n) is 5.47. The van der Waals surface area contributed by atoms with E-state index in [0.29, 0.717) is 24.7 Å². The number of aryl methyl sites for hydroxylation is 1. The summed E-state index contributed by atoms with van der Waals surface area (Å²) in [6.07, 6.45) is 7.48. The lowest BCUT2D eigenvalue weighted by atomic mass is 9.90. The molecule has 0 amide bonds. The molecule has 2 N–H and O–H groups in total. The molecule has 1 saturated carbocycles. The molecule has 5 nitrogen and oxygen atoms in total. The zero-order valence-electron chi connectivity index (χ0n) is 12.0. The van der Waals surface area contributed by atoms with E-state index in [1.807, 2.05) is 6.92 Å². The number of aliphatic hydroxyl groups is 1. The van der Waals surface area contributed by atoms with Crippen LogP contribution in [-0.4, -0.2) is 24.6 Å². The highest BCUT2D eigenvalue weighted by atomic mass is 32.2. The van der Waals surface area contributed by atoms with Crippen molar-refractivity contribution in [2.45, 2.75) is 57.1 Å². The van der Waals surface area contributed by atoms with Crippen LogP contribution >= 0.6 is 0 Å². The molecule has 0 saturated heterocycles. The van der Waals surface area contributed by atoms with Crippen LogP contribution in [0, 0.1) is 5.92 Å². The summed E-state index contributed by atoms with van der Waals surface area (Å²) in [5.74, 6) is 0.462. The molecule has 0 spiro atoms. The molecule has 6 heteroatoms. The summed E-state index contributed by atoms with van der Waals surface area (Å²) in [5.41, 5.74) is 0.630. The molecule has 0 atom stereocenters. The van der Waals surface area contributed by atoms with Crippen LogP contribution in [0.4, 0.5) is 0 Å². The lowest BCUT2D eigenvalue weighted by molar-refractivity contribution is 0.271. The Balaban J connectivity index is 2.03. The predicted molar refractivity (Wildman–Crippen MR) is 77.8 cm³/mol. The second kappa shape index (κ2) is 6.74. The Labute approximate surface area is 121 Å². The van der Waals surface area contributed by atoms with Crippen molar-refractivity contribution in [1.82, 2.24) is 9.29 Å². The predicted octanol–water partition coefficient (Wildman–Crippen LogP) is 1.86. The molecule has 1 aliphatic rings. The monoisotopic (exact) mass is 300 g/mol. The van der Waals surface area contributed by atoms with Crippen molar-refractivity contribution in [3.63, 3.8) is 0 Å². The highest BCUT2D eigenvalue weighted by Crippen LogP contribution is 2.23. The fourth-order valence-electron chi connectivity index (χ4n) is 2.80. The molecular formula is C14H24N2O3S. The van der Waals surface area contributed by atoms with Gasteiger partial charge in [-0.3, -0.25) is 0 Å². The number of hydrogen-bond acceptors (Lipinski definition) is 3. The molecule has 114 valence electrons. The minimum absolute atomic E-state index is 0.147. The third kappa shape index (κ3) is 3.62. The van der Waals surface area contributed by atoms with Gasteiger partial charge in [0.15, 0.2) is 0 Å². The molecule has 0 unspecified atom stereocenters. The van der Waals surface area contributed by atoms with Gasteiger partial charge in [-0.15, -0.1) is 0 Å². The van der Waals surface area contributed by atoms with Crippen molar-refractivity contribution in [3.05, 3.63) is 18.0 Å². The maximum atomic E-state index is 12.3. The number of nitrogens with one attached hydrogen (secondary N) is 1. The van der Waals surface area contributed by atoms with Gasteiger partial charge in [-0.05, 0) is 31.7 Å². The fourth-order valence-corrected chi connectivity index (χ4v) is 3.98. The zero-order chi connectivity index (χ0) is 14.6. The molecule has 1 aromatic heterocycles. The number of aromatic nitrogens is 1. The average Bonchev–Trinajstić information content (AvgIpc) is 2.90. The minimum Gasteiger partial charge on any atom is -0.390 e. The SMILES string of the molecule is CCn1cc(S(=O)(=O)NCC2CCCCC2)cc1CO. The number of sulfonamides is 1. The first-order valence-electron chi connectivity index (χ1n) is 7.36. The highest BCUT2D eigenvalue weighted by Gasteiger charge is 2.20. The maximum Gasteiger partial charge on any atom is 0.242 e. The molecule has 20 heavy (non-hydrogen) atoms. The molecule has 1 aliphatic carbocycles. The lowest BCUT2D eigenvalue weighted by Gasteiger charge is -2.21. The Kier molecular flexibility index (Phi) is 5.23. The van der Waals surface area contributed by atoms with Crippen LogP contribution in [-0.2, 0) is 23.2 Å². The van der Waals surface area contributed by atoms with E-state index in [1.54, 1.807) is 16.8 Å².